The Morgan fingerprint density at radius 2 is 1.87 bits per heavy atom. The Labute approximate surface area is 194 Å². The molecular weight excluding hydrogens is 498 g/mol. The molecule has 1 aliphatic rings. The van der Waals surface area contributed by atoms with E-state index < -0.39 is 0 Å². The molecule has 0 spiro atoms. The number of nitrogens with zero attached hydrogens (tertiary/aromatic N) is 2. The van der Waals surface area contributed by atoms with Gasteiger partial charge < -0.3 is 20.1 Å². The summed E-state index contributed by atoms with van der Waals surface area (Å²) in [5.74, 6) is 1.25. The minimum Gasteiger partial charge on any atom is -0.492 e. The van der Waals surface area contributed by atoms with Crippen molar-refractivity contribution in [3.8, 4) is 5.75 Å². The normalized spacial score (nSPS) is 14.7. The van der Waals surface area contributed by atoms with Crippen molar-refractivity contribution in [2.45, 2.75) is 13.1 Å². The average molecular weight is 528 g/mol. The molecule has 0 saturated carbocycles. The highest BCUT2D eigenvalue weighted by atomic mass is 127. The van der Waals surface area contributed by atoms with E-state index in [0.717, 1.165) is 44.2 Å². The number of halogens is 2. The Hall–Kier alpha value is -1.91. The Bertz CT molecular complexity index is 800. The molecule has 6 nitrogen and oxygen atoms in total. The molecule has 0 bridgehead atoms. The number of guanidine groups is 1. The number of aliphatic imine (C=N–C) groups is 1. The van der Waals surface area contributed by atoms with E-state index in [0.29, 0.717) is 31.2 Å². The number of hydrogen-bond donors (Lipinski definition) is 2. The third-order valence-electron chi connectivity index (χ3n) is 4.77. The first kappa shape index (κ1) is 24.4. The summed E-state index contributed by atoms with van der Waals surface area (Å²) in [5.41, 5.74) is 1.69. The summed E-state index contributed by atoms with van der Waals surface area (Å²) in [7, 11) is 1.70. The molecule has 1 heterocycles. The number of nitrogens with one attached hydrogen (secondary N) is 2. The minimum absolute atomic E-state index is 0. The van der Waals surface area contributed by atoms with Crippen molar-refractivity contribution in [3.05, 3.63) is 65.5 Å². The maximum absolute atomic E-state index is 13.7. The molecule has 0 amide bonds. The molecule has 0 atom stereocenters. The summed E-state index contributed by atoms with van der Waals surface area (Å²) in [4.78, 5) is 6.54. The Morgan fingerprint density at radius 3 is 2.63 bits per heavy atom. The first-order valence-electron chi connectivity index (χ1n) is 9.94. The molecule has 0 aromatic heterocycles. The minimum atomic E-state index is -0.225. The zero-order chi connectivity index (χ0) is 20.3. The van der Waals surface area contributed by atoms with E-state index in [2.05, 4.69) is 20.5 Å². The lowest BCUT2D eigenvalue weighted by molar-refractivity contribution is 0.0322. The molecule has 30 heavy (non-hydrogen) atoms. The van der Waals surface area contributed by atoms with Gasteiger partial charge in [0.15, 0.2) is 5.96 Å². The van der Waals surface area contributed by atoms with Crippen LogP contribution in [0.5, 0.6) is 5.75 Å². The van der Waals surface area contributed by atoms with Crippen LogP contribution in [0.2, 0.25) is 0 Å². The van der Waals surface area contributed by atoms with Crippen LogP contribution in [0.1, 0.15) is 11.1 Å². The number of morpholine rings is 1. The van der Waals surface area contributed by atoms with Gasteiger partial charge in [0.2, 0.25) is 0 Å². The van der Waals surface area contributed by atoms with E-state index in [9.17, 15) is 4.39 Å². The van der Waals surface area contributed by atoms with E-state index in [-0.39, 0.29) is 29.8 Å². The molecule has 8 heteroatoms. The first-order valence-corrected chi connectivity index (χ1v) is 9.94. The maximum Gasteiger partial charge on any atom is 0.191 e. The molecular formula is C22H30FIN4O2. The zero-order valence-corrected chi connectivity index (χ0v) is 19.6. The highest BCUT2D eigenvalue weighted by Gasteiger charge is 2.10. The third-order valence-corrected chi connectivity index (χ3v) is 4.77. The fraction of sp³-hybridized carbons (Fsp3) is 0.409. The highest BCUT2D eigenvalue weighted by Crippen LogP contribution is 2.13. The molecule has 2 aromatic rings. The van der Waals surface area contributed by atoms with Gasteiger partial charge in [-0.25, -0.2) is 4.39 Å². The van der Waals surface area contributed by atoms with Gasteiger partial charge in [-0.3, -0.25) is 9.89 Å². The second-order valence-electron chi connectivity index (χ2n) is 6.82. The fourth-order valence-corrected chi connectivity index (χ4v) is 3.09. The van der Waals surface area contributed by atoms with Gasteiger partial charge in [0.1, 0.15) is 18.2 Å². The molecule has 1 fully saturated rings. The predicted molar refractivity (Wildman–Crippen MR) is 128 cm³/mol. The number of hydrogen-bond acceptors (Lipinski definition) is 4. The second kappa shape index (κ2) is 13.4. The van der Waals surface area contributed by atoms with Crippen LogP contribution >= 0.6 is 24.0 Å². The molecule has 1 saturated heterocycles. The fourth-order valence-electron chi connectivity index (χ4n) is 3.09. The average Bonchev–Trinajstić information content (AvgIpc) is 2.76. The number of ether oxygens (including phenoxy) is 2. The Morgan fingerprint density at radius 1 is 1.10 bits per heavy atom. The van der Waals surface area contributed by atoms with Crippen LogP contribution in [0.25, 0.3) is 0 Å². The van der Waals surface area contributed by atoms with Crippen LogP contribution in [-0.2, 0) is 17.8 Å². The van der Waals surface area contributed by atoms with E-state index in [4.69, 9.17) is 9.47 Å². The SMILES string of the molecule is CN=C(NCc1cccc(OCCN2CCOCC2)c1)NCc1ccccc1F.I. The van der Waals surface area contributed by atoms with Crippen molar-refractivity contribution < 1.29 is 13.9 Å². The van der Waals surface area contributed by atoms with Crippen LogP contribution in [0.4, 0.5) is 4.39 Å². The van der Waals surface area contributed by atoms with Crippen molar-refractivity contribution in [2.24, 2.45) is 4.99 Å². The smallest absolute Gasteiger partial charge is 0.191 e. The van der Waals surface area contributed by atoms with Gasteiger partial charge in [-0.15, -0.1) is 24.0 Å². The van der Waals surface area contributed by atoms with Gasteiger partial charge in [0.25, 0.3) is 0 Å². The van der Waals surface area contributed by atoms with E-state index in [1.54, 1.807) is 19.2 Å². The molecule has 1 aliphatic heterocycles. The number of benzene rings is 2. The molecule has 0 radical (unpaired) electrons. The van der Waals surface area contributed by atoms with Crippen LogP contribution in [0.3, 0.4) is 0 Å². The Kier molecular flexibility index (Phi) is 10.9. The molecule has 0 unspecified atom stereocenters. The highest BCUT2D eigenvalue weighted by molar-refractivity contribution is 14.0. The van der Waals surface area contributed by atoms with Crippen molar-refractivity contribution in [3.63, 3.8) is 0 Å². The van der Waals surface area contributed by atoms with Gasteiger partial charge in [0.05, 0.1) is 13.2 Å². The van der Waals surface area contributed by atoms with Crippen LogP contribution < -0.4 is 15.4 Å². The zero-order valence-electron chi connectivity index (χ0n) is 17.3. The standard InChI is InChI=1S/C22H29FN4O2.HI/c1-24-22(26-17-19-6-2-3-8-21(19)23)25-16-18-5-4-7-20(15-18)29-14-11-27-9-12-28-13-10-27;/h2-8,15H,9-14,16-17H2,1H3,(H2,24,25,26);1H. The largest absolute Gasteiger partial charge is 0.492 e. The van der Waals surface area contributed by atoms with Crippen molar-refractivity contribution in [1.29, 1.82) is 0 Å². The maximum atomic E-state index is 13.7. The van der Waals surface area contributed by atoms with Gasteiger partial charge in [-0.2, -0.15) is 0 Å². The summed E-state index contributed by atoms with van der Waals surface area (Å²) in [6.07, 6.45) is 0. The molecule has 3 rings (SSSR count). The Balaban J connectivity index is 0.00000320. The van der Waals surface area contributed by atoms with Crippen molar-refractivity contribution in [2.75, 3.05) is 46.5 Å². The van der Waals surface area contributed by atoms with Crippen LogP contribution in [0.15, 0.2) is 53.5 Å². The van der Waals surface area contributed by atoms with Gasteiger partial charge >= 0.3 is 0 Å². The first-order chi connectivity index (χ1) is 14.2. The van der Waals surface area contributed by atoms with Crippen LogP contribution in [0, 0.1) is 5.82 Å². The summed E-state index contributed by atoms with van der Waals surface area (Å²) >= 11 is 0. The van der Waals surface area contributed by atoms with E-state index >= 15 is 0 Å². The summed E-state index contributed by atoms with van der Waals surface area (Å²) in [6, 6.07) is 14.7. The van der Waals surface area contributed by atoms with E-state index in [1.165, 1.54) is 6.07 Å². The lowest BCUT2D eigenvalue weighted by atomic mass is 10.2. The summed E-state index contributed by atoms with van der Waals surface area (Å²) < 4.78 is 25.0. The van der Waals surface area contributed by atoms with Gasteiger partial charge in [-0.05, 0) is 23.8 Å². The quantitative estimate of drug-likeness (QED) is 0.314. The molecule has 2 N–H and O–H groups in total. The number of rotatable bonds is 8. The lowest BCUT2D eigenvalue weighted by Crippen LogP contribution is -2.38. The third kappa shape index (κ3) is 8.08. The molecule has 0 aliphatic carbocycles. The molecule has 2 aromatic carbocycles. The predicted octanol–water partition coefficient (Wildman–Crippen LogP) is 3.02. The molecule has 164 valence electrons. The van der Waals surface area contributed by atoms with Gasteiger partial charge in [0, 0.05) is 45.3 Å². The lowest BCUT2D eigenvalue weighted by Gasteiger charge is -2.26. The van der Waals surface area contributed by atoms with Crippen LogP contribution in [-0.4, -0.2) is 57.4 Å². The van der Waals surface area contributed by atoms with E-state index in [1.807, 2.05) is 30.3 Å². The topological polar surface area (TPSA) is 58.1 Å². The summed E-state index contributed by atoms with van der Waals surface area (Å²) in [6.45, 7) is 6.05. The second-order valence-corrected chi connectivity index (χ2v) is 6.82. The van der Waals surface area contributed by atoms with Gasteiger partial charge in [-0.1, -0.05) is 30.3 Å². The monoisotopic (exact) mass is 528 g/mol. The summed E-state index contributed by atoms with van der Waals surface area (Å²) in [5, 5.41) is 6.38. The van der Waals surface area contributed by atoms with Crippen molar-refractivity contribution >= 4 is 29.9 Å². The van der Waals surface area contributed by atoms with Crippen molar-refractivity contribution in [1.82, 2.24) is 15.5 Å².